The minimum atomic E-state index is -0.0883. The minimum Gasteiger partial charge on any atom is -0.504 e. The molecule has 0 bridgehead atoms. The van der Waals surface area contributed by atoms with E-state index in [0.29, 0.717) is 16.7 Å². The number of phenols is 2. The van der Waals surface area contributed by atoms with Gasteiger partial charge < -0.3 is 14.6 Å². The van der Waals surface area contributed by atoms with Gasteiger partial charge >= 0.3 is 0 Å². The third kappa shape index (κ3) is 1.35. The van der Waals surface area contributed by atoms with Crippen molar-refractivity contribution < 1.29 is 14.6 Å². The predicted molar refractivity (Wildman–Crippen MR) is 63.1 cm³/mol. The first-order valence-corrected chi connectivity index (χ1v) is 5.38. The topological polar surface area (TPSA) is 53.6 Å². The summed E-state index contributed by atoms with van der Waals surface area (Å²) in [6, 6.07) is 1.93. The van der Waals surface area contributed by atoms with Gasteiger partial charge in [0.05, 0.1) is 0 Å². The summed E-state index contributed by atoms with van der Waals surface area (Å²) in [5.74, 6) is 1.01. The average Bonchev–Trinajstić information content (AvgIpc) is 2.68. The van der Waals surface area contributed by atoms with Crippen molar-refractivity contribution in [2.75, 3.05) is 0 Å². The Labute approximate surface area is 94.3 Å². The van der Waals surface area contributed by atoms with E-state index in [1.54, 1.807) is 13.8 Å². The molecular formula is C13H16O3. The summed E-state index contributed by atoms with van der Waals surface area (Å²) in [5, 5.41) is 20.3. The Morgan fingerprint density at radius 2 is 1.62 bits per heavy atom. The summed E-state index contributed by atoms with van der Waals surface area (Å²) in [7, 11) is 0. The minimum absolute atomic E-state index is 0.0545. The lowest BCUT2D eigenvalue weighted by molar-refractivity contribution is 0.398. The van der Waals surface area contributed by atoms with Crippen molar-refractivity contribution in [2.24, 2.45) is 0 Å². The zero-order valence-corrected chi connectivity index (χ0v) is 9.96. The number of aromatic hydroxyl groups is 2. The van der Waals surface area contributed by atoms with Gasteiger partial charge in [-0.2, -0.15) is 0 Å². The normalized spacial score (nSPS) is 11.6. The molecule has 1 heterocycles. The largest absolute Gasteiger partial charge is 0.504 e. The first kappa shape index (κ1) is 10.9. The number of hydrogen-bond donors (Lipinski definition) is 2. The van der Waals surface area contributed by atoms with Crippen molar-refractivity contribution in [3.8, 4) is 11.5 Å². The number of aryl methyl sites for hydroxylation is 2. The zero-order chi connectivity index (χ0) is 12.0. The number of phenolic OH excluding ortho intramolecular Hbond substituents is 2. The summed E-state index contributed by atoms with van der Waals surface area (Å²) < 4.78 is 5.71. The van der Waals surface area contributed by atoms with Gasteiger partial charge in [0, 0.05) is 22.4 Å². The first-order chi connectivity index (χ1) is 7.43. The molecule has 0 aliphatic heterocycles. The molecule has 2 N–H and O–H groups in total. The van der Waals surface area contributed by atoms with Gasteiger partial charge in [0.15, 0.2) is 11.5 Å². The van der Waals surface area contributed by atoms with Crippen LogP contribution in [-0.4, -0.2) is 10.2 Å². The van der Waals surface area contributed by atoms with Crippen molar-refractivity contribution >= 4 is 11.0 Å². The lowest BCUT2D eigenvalue weighted by Gasteiger charge is -2.06. The van der Waals surface area contributed by atoms with Gasteiger partial charge in [0.25, 0.3) is 0 Å². The van der Waals surface area contributed by atoms with Crippen LogP contribution >= 0.6 is 0 Å². The van der Waals surface area contributed by atoms with Crippen molar-refractivity contribution in [3.05, 3.63) is 23.0 Å². The fraction of sp³-hybridized carbons (Fsp3) is 0.385. The molecule has 0 amide bonds. The van der Waals surface area contributed by atoms with E-state index in [1.807, 2.05) is 19.9 Å². The van der Waals surface area contributed by atoms with Crippen LogP contribution in [0.2, 0.25) is 0 Å². The van der Waals surface area contributed by atoms with Crippen molar-refractivity contribution in [1.29, 1.82) is 0 Å². The van der Waals surface area contributed by atoms with Gasteiger partial charge in [-0.25, -0.2) is 0 Å². The summed E-state index contributed by atoms with van der Waals surface area (Å²) >= 11 is 0. The molecule has 2 aromatic rings. The molecule has 0 aliphatic rings. The van der Waals surface area contributed by atoms with Gasteiger partial charge in [0.2, 0.25) is 0 Å². The number of hydrogen-bond acceptors (Lipinski definition) is 3. The molecule has 0 saturated carbocycles. The molecule has 3 nitrogen and oxygen atoms in total. The van der Waals surface area contributed by atoms with Crippen LogP contribution in [0.1, 0.15) is 36.7 Å². The number of rotatable bonds is 1. The van der Waals surface area contributed by atoms with E-state index in [2.05, 4.69) is 0 Å². The number of fused-ring (bicyclic) bond motifs is 1. The summed E-state index contributed by atoms with van der Waals surface area (Å²) in [4.78, 5) is 0. The molecule has 2 rings (SSSR count). The van der Waals surface area contributed by atoms with Crippen LogP contribution < -0.4 is 0 Å². The van der Waals surface area contributed by atoms with E-state index < -0.39 is 0 Å². The van der Waals surface area contributed by atoms with Crippen LogP contribution in [0.4, 0.5) is 0 Å². The number of furan rings is 1. The lowest BCUT2D eigenvalue weighted by Crippen LogP contribution is -1.82. The predicted octanol–water partition coefficient (Wildman–Crippen LogP) is 3.58. The molecule has 0 fully saturated rings. The third-order valence-corrected chi connectivity index (χ3v) is 3.00. The second-order valence-corrected chi connectivity index (χ2v) is 4.49. The van der Waals surface area contributed by atoms with Gasteiger partial charge in [-0.3, -0.25) is 0 Å². The maximum absolute atomic E-state index is 9.74. The Morgan fingerprint density at radius 3 is 2.19 bits per heavy atom. The number of benzene rings is 1. The maximum atomic E-state index is 9.74. The summed E-state index contributed by atoms with van der Waals surface area (Å²) in [6.45, 7) is 7.60. The Hall–Kier alpha value is -1.64. The smallest absolute Gasteiger partial charge is 0.164 e. The third-order valence-electron chi connectivity index (χ3n) is 3.00. The van der Waals surface area contributed by atoms with E-state index in [9.17, 15) is 10.2 Å². The molecule has 16 heavy (non-hydrogen) atoms. The van der Waals surface area contributed by atoms with Gasteiger partial charge in [-0.1, -0.05) is 13.8 Å². The molecule has 0 saturated heterocycles. The van der Waals surface area contributed by atoms with E-state index in [-0.39, 0.29) is 17.4 Å². The monoisotopic (exact) mass is 220 g/mol. The quantitative estimate of drug-likeness (QED) is 0.722. The molecule has 0 atom stereocenters. The Bertz CT molecular complexity index is 505. The van der Waals surface area contributed by atoms with Crippen LogP contribution in [-0.2, 0) is 0 Å². The van der Waals surface area contributed by atoms with Gasteiger partial charge in [-0.05, 0) is 19.9 Å². The molecule has 0 spiro atoms. The summed E-state index contributed by atoms with van der Waals surface area (Å²) in [5.41, 5.74) is 1.91. The average molecular weight is 220 g/mol. The maximum Gasteiger partial charge on any atom is 0.164 e. The second-order valence-electron chi connectivity index (χ2n) is 4.49. The molecule has 1 aromatic heterocycles. The van der Waals surface area contributed by atoms with E-state index in [1.165, 1.54) is 0 Å². The SMILES string of the molecule is Cc1c(O)c(O)c(C)c2oc(C(C)C)cc12. The molecule has 0 aliphatic carbocycles. The Kier molecular flexibility index (Phi) is 2.34. The van der Waals surface area contributed by atoms with Gasteiger partial charge in [-0.15, -0.1) is 0 Å². The molecule has 3 heteroatoms. The van der Waals surface area contributed by atoms with Crippen LogP contribution in [0.25, 0.3) is 11.0 Å². The molecule has 0 radical (unpaired) electrons. The van der Waals surface area contributed by atoms with Crippen LogP contribution in [0.5, 0.6) is 11.5 Å². The highest BCUT2D eigenvalue weighted by molar-refractivity contribution is 5.89. The zero-order valence-electron chi connectivity index (χ0n) is 9.96. The van der Waals surface area contributed by atoms with Crippen LogP contribution in [0.3, 0.4) is 0 Å². The second kappa shape index (κ2) is 3.44. The van der Waals surface area contributed by atoms with Gasteiger partial charge in [0.1, 0.15) is 11.3 Å². The highest BCUT2D eigenvalue weighted by Crippen LogP contribution is 2.41. The van der Waals surface area contributed by atoms with Crippen LogP contribution in [0, 0.1) is 13.8 Å². The fourth-order valence-electron chi connectivity index (χ4n) is 1.84. The Morgan fingerprint density at radius 1 is 1.06 bits per heavy atom. The first-order valence-electron chi connectivity index (χ1n) is 5.38. The lowest BCUT2D eigenvalue weighted by atomic mass is 10.0. The van der Waals surface area contributed by atoms with E-state index in [4.69, 9.17) is 4.42 Å². The van der Waals surface area contributed by atoms with Crippen molar-refractivity contribution in [1.82, 2.24) is 0 Å². The van der Waals surface area contributed by atoms with Crippen molar-refractivity contribution in [3.63, 3.8) is 0 Å². The van der Waals surface area contributed by atoms with E-state index in [0.717, 1.165) is 11.1 Å². The molecule has 86 valence electrons. The molecular weight excluding hydrogens is 204 g/mol. The molecule has 1 aromatic carbocycles. The van der Waals surface area contributed by atoms with Crippen molar-refractivity contribution in [2.45, 2.75) is 33.6 Å². The summed E-state index contributed by atoms with van der Waals surface area (Å²) in [6.07, 6.45) is 0. The fourth-order valence-corrected chi connectivity index (χ4v) is 1.84. The van der Waals surface area contributed by atoms with Crippen LogP contribution in [0.15, 0.2) is 10.5 Å². The molecule has 0 unspecified atom stereocenters. The highest BCUT2D eigenvalue weighted by atomic mass is 16.3. The Balaban J connectivity index is 2.86. The van der Waals surface area contributed by atoms with E-state index >= 15 is 0 Å². The standard InChI is InChI=1S/C13H16O3/c1-6(2)10-5-9-7(3)11(14)12(15)8(4)13(9)16-10/h5-6,14-15H,1-4H3. The highest BCUT2D eigenvalue weighted by Gasteiger charge is 2.18.